The lowest BCUT2D eigenvalue weighted by atomic mass is 10.2. The van der Waals surface area contributed by atoms with E-state index in [-0.39, 0.29) is 4.90 Å². The summed E-state index contributed by atoms with van der Waals surface area (Å²) < 4.78 is 25.4. The van der Waals surface area contributed by atoms with Crippen molar-refractivity contribution >= 4 is 27.3 Å². The monoisotopic (exact) mass is 324 g/mol. The van der Waals surface area contributed by atoms with Crippen LogP contribution in [0.25, 0.3) is 0 Å². The quantitative estimate of drug-likeness (QED) is 0.918. The Morgan fingerprint density at radius 3 is 2.48 bits per heavy atom. The van der Waals surface area contributed by atoms with Crippen LogP contribution in [0, 0.1) is 0 Å². The molecule has 6 heteroatoms. The van der Waals surface area contributed by atoms with E-state index in [1.165, 1.54) is 18.4 Å². The van der Waals surface area contributed by atoms with Gasteiger partial charge >= 0.3 is 0 Å². The zero-order valence-electron chi connectivity index (χ0n) is 11.9. The summed E-state index contributed by atoms with van der Waals surface area (Å²) >= 11 is 6.09. The van der Waals surface area contributed by atoms with Crippen molar-refractivity contribution in [1.29, 1.82) is 0 Å². The van der Waals surface area contributed by atoms with Gasteiger partial charge in [0.2, 0.25) is 10.0 Å². The number of nitrogens with zero attached hydrogens (tertiary/aromatic N) is 1. The molecule has 0 aliphatic rings. The lowest BCUT2D eigenvalue weighted by molar-refractivity contribution is 0.521. The summed E-state index contributed by atoms with van der Waals surface area (Å²) in [6.45, 7) is 0.533. The van der Waals surface area contributed by atoms with Crippen molar-refractivity contribution in [3.63, 3.8) is 0 Å². The first-order valence-electron chi connectivity index (χ1n) is 6.41. The molecule has 112 valence electrons. The first-order valence-corrected chi connectivity index (χ1v) is 8.23. The Balaban J connectivity index is 2.18. The summed E-state index contributed by atoms with van der Waals surface area (Å²) in [5.74, 6) is 0. The molecule has 0 spiro atoms. The zero-order valence-corrected chi connectivity index (χ0v) is 13.4. The van der Waals surface area contributed by atoms with Gasteiger partial charge in [-0.05, 0) is 29.8 Å². The Morgan fingerprint density at radius 2 is 1.81 bits per heavy atom. The van der Waals surface area contributed by atoms with Crippen LogP contribution >= 0.6 is 11.6 Å². The maximum Gasteiger partial charge on any atom is 0.242 e. The molecule has 0 fully saturated rings. The molecule has 0 aliphatic heterocycles. The highest BCUT2D eigenvalue weighted by Gasteiger charge is 2.17. The molecule has 4 nitrogen and oxygen atoms in total. The van der Waals surface area contributed by atoms with E-state index >= 15 is 0 Å². The Bertz CT molecular complexity index is 730. The normalized spacial score (nSPS) is 11.6. The number of nitrogens with one attached hydrogen (secondary N) is 1. The SMILES string of the molecule is CN(C)S(=O)(=O)c1cccc(NCc2ccccc2Cl)c1. The maximum atomic E-state index is 12.1. The third-order valence-electron chi connectivity index (χ3n) is 3.05. The smallest absolute Gasteiger partial charge is 0.242 e. The average molecular weight is 325 g/mol. The minimum atomic E-state index is -3.42. The fourth-order valence-corrected chi connectivity index (χ4v) is 2.97. The summed E-state index contributed by atoms with van der Waals surface area (Å²) in [5.41, 5.74) is 1.69. The topological polar surface area (TPSA) is 49.4 Å². The van der Waals surface area contributed by atoms with Crippen LogP contribution in [-0.4, -0.2) is 26.8 Å². The molecule has 0 amide bonds. The van der Waals surface area contributed by atoms with Gasteiger partial charge in [0.25, 0.3) is 0 Å². The van der Waals surface area contributed by atoms with Crippen molar-refractivity contribution in [2.45, 2.75) is 11.4 Å². The van der Waals surface area contributed by atoms with E-state index in [1.807, 2.05) is 30.3 Å². The molecule has 21 heavy (non-hydrogen) atoms. The highest BCUT2D eigenvalue weighted by Crippen LogP contribution is 2.20. The number of anilines is 1. The second-order valence-corrected chi connectivity index (χ2v) is 7.32. The van der Waals surface area contributed by atoms with Crippen molar-refractivity contribution in [3.8, 4) is 0 Å². The van der Waals surface area contributed by atoms with E-state index in [4.69, 9.17) is 11.6 Å². The largest absolute Gasteiger partial charge is 0.381 e. The van der Waals surface area contributed by atoms with Gasteiger partial charge in [0.05, 0.1) is 4.90 Å². The van der Waals surface area contributed by atoms with Gasteiger partial charge in [-0.2, -0.15) is 0 Å². The van der Waals surface area contributed by atoms with Gasteiger partial charge in [-0.3, -0.25) is 0 Å². The van der Waals surface area contributed by atoms with Crippen LogP contribution in [0.4, 0.5) is 5.69 Å². The van der Waals surface area contributed by atoms with Crippen molar-refractivity contribution in [2.75, 3.05) is 19.4 Å². The number of hydrogen-bond donors (Lipinski definition) is 1. The molecule has 0 unspecified atom stereocenters. The summed E-state index contributed by atoms with van der Waals surface area (Å²) in [6, 6.07) is 14.3. The summed E-state index contributed by atoms with van der Waals surface area (Å²) in [6.07, 6.45) is 0. The number of benzene rings is 2. The van der Waals surface area contributed by atoms with Crippen molar-refractivity contribution in [2.24, 2.45) is 0 Å². The lowest BCUT2D eigenvalue weighted by Gasteiger charge is -2.13. The summed E-state index contributed by atoms with van der Waals surface area (Å²) in [5, 5.41) is 3.87. The standard InChI is InChI=1S/C15H17ClN2O2S/c1-18(2)21(19,20)14-8-5-7-13(10-14)17-11-12-6-3-4-9-15(12)16/h3-10,17H,11H2,1-2H3. The summed E-state index contributed by atoms with van der Waals surface area (Å²) in [7, 11) is -0.397. The fraction of sp³-hybridized carbons (Fsp3) is 0.200. The number of hydrogen-bond acceptors (Lipinski definition) is 3. The predicted octanol–water partition coefficient (Wildman–Crippen LogP) is 3.20. The second kappa shape index (κ2) is 6.47. The van der Waals surface area contributed by atoms with E-state index in [1.54, 1.807) is 18.2 Å². The van der Waals surface area contributed by atoms with E-state index in [0.717, 1.165) is 11.3 Å². The minimum Gasteiger partial charge on any atom is -0.381 e. The van der Waals surface area contributed by atoms with E-state index < -0.39 is 10.0 Å². The molecule has 0 saturated heterocycles. The molecule has 0 radical (unpaired) electrons. The van der Waals surface area contributed by atoms with Gasteiger partial charge in [0, 0.05) is 31.4 Å². The number of halogens is 1. The molecular formula is C15H17ClN2O2S. The third-order valence-corrected chi connectivity index (χ3v) is 5.23. The van der Waals surface area contributed by atoms with Gasteiger partial charge in [-0.15, -0.1) is 0 Å². The van der Waals surface area contributed by atoms with Crippen LogP contribution in [0.2, 0.25) is 5.02 Å². The first kappa shape index (κ1) is 15.8. The molecule has 0 bridgehead atoms. The van der Waals surface area contributed by atoms with E-state index in [2.05, 4.69) is 5.32 Å². The molecule has 0 saturated carbocycles. The lowest BCUT2D eigenvalue weighted by Crippen LogP contribution is -2.22. The van der Waals surface area contributed by atoms with Crippen molar-refractivity contribution in [3.05, 3.63) is 59.1 Å². The average Bonchev–Trinajstić information content (AvgIpc) is 2.46. The molecule has 0 heterocycles. The van der Waals surface area contributed by atoms with Gasteiger partial charge in [-0.25, -0.2) is 12.7 Å². The molecule has 0 aromatic heterocycles. The number of rotatable bonds is 5. The molecule has 0 aliphatic carbocycles. The molecule has 2 rings (SSSR count). The molecule has 0 atom stereocenters. The first-order chi connectivity index (χ1) is 9.91. The van der Waals surface area contributed by atoms with Crippen LogP contribution in [0.5, 0.6) is 0 Å². The van der Waals surface area contributed by atoms with Crippen LogP contribution in [0.1, 0.15) is 5.56 Å². The number of sulfonamides is 1. The van der Waals surface area contributed by atoms with Gasteiger partial charge in [-0.1, -0.05) is 35.9 Å². The van der Waals surface area contributed by atoms with E-state index in [9.17, 15) is 8.42 Å². The van der Waals surface area contributed by atoms with Crippen LogP contribution in [0.3, 0.4) is 0 Å². The fourth-order valence-electron chi connectivity index (χ4n) is 1.82. The molecule has 2 aromatic rings. The highest BCUT2D eigenvalue weighted by molar-refractivity contribution is 7.89. The third kappa shape index (κ3) is 3.75. The van der Waals surface area contributed by atoms with Crippen LogP contribution in [-0.2, 0) is 16.6 Å². The molecule has 2 aromatic carbocycles. The van der Waals surface area contributed by atoms with Crippen molar-refractivity contribution < 1.29 is 8.42 Å². The highest BCUT2D eigenvalue weighted by atomic mass is 35.5. The zero-order chi connectivity index (χ0) is 15.5. The summed E-state index contributed by atoms with van der Waals surface area (Å²) in [4.78, 5) is 0.261. The van der Waals surface area contributed by atoms with Crippen LogP contribution < -0.4 is 5.32 Å². The Hall–Kier alpha value is -1.56. The second-order valence-electron chi connectivity index (χ2n) is 4.76. The Labute approximate surface area is 130 Å². The predicted molar refractivity (Wildman–Crippen MR) is 86.1 cm³/mol. The van der Waals surface area contributed by atoms with Gasteiger partial charge in [0.1, 0.15) is 0 Å². The maximum absolute atomic E-state index is 12.1. The van der Waals surface area contributed by atoms with Crippen molar-refractivity contribution in [1.82, 2.24) is 4.31 Å². The van der Waals surface area contributed by atoms with E-state index in [0.29, 0.717) is 11.6 Å². The van der Waals surface area contributed by atoms with Gasteiger partial charge < -0.3 is 5.32 Å². The molecular weight excluding hydrogens is 308 g/mol. The Kier molecular flexibility index (Phi) is 4.88. The molecule has 1 N–H and O–H groups in total. The van der Waals surface area contributed by atoms with Crippen LogP contribution in [0.15, 0.2) is 53.4 Å². The van der Waals surface area contributed by atoms with Gasteiger partial charge in [0.15, 0.2) is 0 Å². The Morgan fingerprint density at radius 1 is 1.10 bits per heavy atom. The minimum absolute atomic E-state index is 0.261.